The van der Waals surface area contributed by atoms with E-state index in [1.807, 2.05) is 29.9 Å². The molecule has 1 saturated heterocycles. The molecule has 0 bridgehead atoms. The lowest BCUT2D eigenvalue weighted by molar-refractivity contribution is 0.362. The number of nitrogens with zero attached hydrogens (tertiary/aromatic N) is 6. The number of rotatable bonds is 5. The Kier molecular flexibility index (Phi) is 4.82. The van der Waals surface area contributed by atoms with Gasteiger partial charge >= 0.3 is 0 Å². The standard InChI is InChI=1S/C24H22N8S/c25-9-19-22-15(4-8-33-22)11-28-24(19)32-7-2-16(12-32)20(10-26)31-6-3-17(13-31)21-18-1-5-27-23(18)30-14-29-21/h1,3-6,8,11,13-14,16,20H,2,7,10,12,26H2,(H,27,29,30). The molecule has 1 aliphatic heterocycles. The molecule has 0 radical (unpaired) electrons. The fourth-order valence-corrected chi connectivity index (χ4v) is 5.84. The van der Waals surface area contributed by atoms with Crippen LogP contribution in [0.4, 0.5) is 5.82 Å². The molecular weight excluding hydrogens is 432 g/mol. The quantitative estimate of drug-likeness (QED) is 0.416. The number of anilines is 1. The van der Waals surface area contributed by atoms with Crippen LogP contribution in [0.5, 0.6) is 0 Å². The molecule has 6 heterocycles. The van der Waals surface area contributed by atoms with Gasteiger partial charge in [-0.15, -0.1) is 11.3 Å². The molecule has 2 unspecified atom stereocenters. The first-order valence-electron chi connectivity index (χ1n) is 10.9. The Bertz CT molecular complexity index is 1490. The predicted molar refractivity (Wildman–Crippen MR) is 130 cm³/mol. The van der Waals surface area contributed by atoms with Crippen molar-refractivity contribution in [1.29, 1.82) is 5.26 Å². The molecule has 0 spiro atoms. The maximum atomic E-state index is 9.82. The number of hydrogen-bond donors (Lipinski definition) is 2. The lowest BCUT2D eigenvalue weighted by Crippen LogP contribution is -2.29. The summed E-state index contributed by atoms with van der Waals surface area (Å²) in [6.45, 7) is 2.23. The van der Waals surface area contributed by atoms with E-state index in [0.717, 1.165) is 57.7 Å². The molecule has 9 heteroatoms. The van der Waals surface area contributed by atoms with E-state index in [0.29, 0.717) is 18.0 Å². The highest BCUT2D eigenvalue weighted by Crippen LogP contribution is 2.36. The average Bonchev–Trinajstić information content (AvgIpc) is 3.65. The number of fused-ring (bicyclic) bond motifs is 2. The van der Waals surface area contributed by atoms with Gasteiger partial charge in [0.05, 0.1) is 10.4 Å². The first-order valence-corrected chi connectivity index (χ1v) is 11.8. The minimum absolute atomic E-state index is 0.156. The first kappa shape index (κ1) is 19.9. The van der Waals surface area contributed by atoms with E-state index in [4.69, 9.17) is 5.73 Å². The lowest BCUT2D eigenvalue weighted by atomic mass is 9.99. The fourth-order valence-electron chi connectivity index (χ4n) is 4.97. The second-order valence-electron chi connectivity index (χ2n) is 8.38. The molecule has 0 aromatic carbocycles. The maximum Gasteiger partial charge on any atom is 0.147 e. The smallest absolute Gasteiger partial charge is 0.147 e. The number of H-pyrrole nitrogens is 1. The van der Waals surface area contributed by atoms with E-state index in [1.165, 1.54) is 0 Å². The fraction of sp³-hybridized carbons (Fsp3) is 0.250. The summed E-state index contributed by atoms with van der Waals surface area (Å²) in [5.41, 5.74) is 9.74. The zero-order valence-corrected chi connectivity index (χ0v) is 18.7. The third-order valence-corrected chi connectivity index (χ3v) is 7.57. The number of nitriles is 1. The molecule has 1 fully saturated rings. The Morgan fingerprint density at radius 2 is 2.21 bits per heavy atom. The van der Waals surface area contributed by atoms with E-state index < -0.39 is 0 Å². The number of pyridine rings is 1. The highest BCUT2D eigenvalue weighted by molar-refractivity contribution is 7.17. The number of thiophene rings is 1. The average molecular weight is 455 g/mol. The van der Waals surface area contributed by atoms with Gasteiger partial charge in [0, 0.05) is 72.7 Å². The van der Waals surface area contributed by atoms with E-state index in [-0.39, 0.29) is 6.04 Å². The SMILES string of the molecule is N#Cc1c(N2CCC(C(CN)n3ccc(-c4ncnc5[nH]ccc45)c3)C2)ncc2ccsc12. The Morgan fingerprint density at radius 3 is 3.09 bits per heavy atom. The molecule has 0 saturated carbocycles. The summed E-state index contributed by atoms with van der Waals surface area (Å²) in [7, 11) is 0. The van der Waals surface area contributed by atoms with Gasteiger partial charge in [-0.05, 0) is 30.0 Å². The molecule has 0 aliphatic carbocycles. The van der Waals surface area contributed by atoms with E-state index in [9.17, 15) is 5.26 Å². The molecule has 6 rings (SSSR count). The summed E-state index contributed by atoms with van der Waals surface area (Å²) in [4.78, 5) is 18.8. The zero-order chi connectivity index (χ0) is 22.4. The minimum Gasteiger partial charge on any atom is -0.355 e. The summed E-state index contributed by atoms with van der Waals surface area (Å²) >= 11 is 1.60. The molecule has 164 valence electrons. The maximum absolute atomic E-state index is 9.82. The zero-order valence-electron chi connectivity index (χ0n) is 17.8. The van der Waals surface area contributed by atoms with E-state index in [1.54, 1.807) is 17.7 Å². The van der Waals surface area contributed by atoms with Crippen molar-refractivity contribution in [3.63, 3.8) is 0 Å². The third kappa shape index (κ3) is 3.26. The van der Waals surface area contributed by atoms with Crippen molar-refractivity contribution in [1.82, 2.24) is 24.5 Å². The van der Waals surface area contributed by atoms with Gasteiger partial charge in [0.15, 0.2) is 0 Å². The minimum atomic E-state index is 0.156. The van der Waals surface area contributed by atoms with Crippen LogP contribution in [0.25, 0.3) is 32.4 Å². The van der Waals surface area contributed by atoms with Crippen LogP contribution in [0.2, 0.25) is 0 Å². The molecule has 0 amide bonds. The number of hydrogen-bond acceptors (Lipinski definition) is 7. The molecule has 3 N–H and O–H groups in total. The highest BCUT2D eigenvalue weighted by atomic mass is 32.1. The van der Waals surface area contributed by atoms with Gasteiger partial charge in [-0.1, -0.05) is 0 Å². The number of aromatic amines is 1. The number of nitrogens with one attached hydrogen (secondary N) is 1. The second-order valence-corrected chi connectivity index (χ2v) is 9.30. The van der Waals surface area contributed by atoms with Crippen molar-refractivity contribution in [2.75, 3.05) is 24.5 Å². The Balaban J connectivity index is 1.27. The van der Waals surface area contributed by atoms with Crippen molar-refractivity contribution in [3.8, 4) is 17.3 Å². The Hall–Kier alpha value is -3.74. The summed E-state index contributed by atoms with van der Waals surface area (Å²) in [6.07, 6.45) is 10.6. The molecular formula is C24H22N8S. The Labute approximate surface area is 194 Å². The van der Waals surface area contributed by atoms with Crippen LogP contribution in [0, 0.1) is 17.2 Å². The van der Waals surface area contributed by atoms with Crippen molar-refractivity contribution in [2.24, 2.45) is 11.7 Å². The molecule has 1 aliphatic rings. The van der Waals surface area contributed by atoms with Gasteiger partial charge in [-0.3, -0.25) is 0 Å². The lowest BCUT2D eigenvalue weighted by Gasteiger charge is -2.25. The number of aromatic nitrogens is 5. The highest BCUT2D eigenvalue weighted by Gasteiger charge is 2.32. The van der Waals surface area contributed by atoms with Crippen molar-refractivity contribution >= 4 is 38.3 Å². The van der Waals surface area contributed by atoms with Crippen LogP contribution in [0.3, 0.4) is 0 Å². The van der Waals surface area contributed by atoms with Crippen LogP contribution >= 0.6 is 11.3 Å². The monoisotopic (exact) mass is 454 g/mol. The van der Waals surface area contributed by atoms with Crippen LogP contribution < -0.4 is 10.6 Å². The van der Waals surface area contributed by atoms with Gasteiger partial charge in [0.2, 0.25) is 0 Å². The van der Waals surface area contributed by atoms with Gasteiger partial charge in [0.1, 0.15) is 29.4 Å². The normalized spacial score (nSPS) is 17.1. The molecule has 5 aromatic heterocycles. The van der Waals surface area contributed by atoms with Crippen LogP contribution in [0.1, 0.15) is 18.0 Å². The molecule has 5 aromatic rings. The summed E-state index contributed by atoms with van der Waals surface area (Å²) in [5.74, 6) is 1.15. The topological polar surface area (TPSA) is 112 Å². The molecule has 8 nitrogen and oxygen atoms in total. The van der Waals surface area contributed by atoms with Crippen molar-refractivity contribution in [2.45, 2.75) is 12.5 Å². The summed E-state index contributed by atoms with van der Waals surface area (Å²) < 4.78 is 3.22. The van der Waals surface area contributed by atoms with Gasteiger partial charge in [0.25, 0.3) is 0 Å². The molecule has 33 heavy (non-hydrogen) atoms. The van der Waals surface area contributed by atoms with Crippen LogP contribution in [-0.4, -0.2) is 44.1 Å². The van der Waals surface area contributed by atoms with Gasteiger partial charge < -0.3 is 20.2 Å². The van der Waals surface area contributed by atoms with E-state index in [2.05, 4.69) is 53.9 Å². The first-order chi connectivity index (χ1) is 16.3. The van der Waals surface area contributed by atoms with Crippen LogP contribution in [-0.2, 0) is 0 Å². The van der Waals surface area contributed by atoms with Crippen molar-refractivity contribution < 1.29 is 0 Å². The van der Waals surface area contributed by atoms with Gasteiger partial charge in [-0.2, -0.15) is 5.26 Å². The van der Waals surface area contributed by atoms with Gasteiger partial charge in [-0.25, -0.2) is 15.0 Å². The largest absolute Gasteiger partial charge is 0.355 e. The third-order valence-electron chi connectivity index (χ3n) is 6.62. The predicted octanol–water partition coefficient (Wildman–Crippen LogP) is 3.93. The van der Waals surface area contributed by atoms with Crippen molar-refractivity contribution in [3.05, 3.63) is 60.3 Å². The number of nitrogens with two attached hydrogens (primary N) is 1. The second kappa shape index (κ2) is 7.99. The molecule has 2 atom stereocenters. The Morgan fingerprint density at radius 1 is 1.27 bits per heavy atom. The summed E-state index contributed by atoms with van der Waals surface area (Å²) in [6, 6.07) is 8.64. The van der Waals surface area contributed by atoms with Crippen LogP contribution in [0.15, 0.2) is 54.7 Å². The summed E-state index contributed by atoms with van der Waals surface area (Å²) in [5, 5.41) is 13.9. The van der Waals surface area contributed by atoms with E-state index >= 15 is 0 Å².